The topological polar surface area (TPSA) is 72.5 Å². The SMILES string of the molecule is NC(Cc1cc(F)cc(Br)c1OC1CCC1)C(=O)O. The number of rotatable bonds is 5. The quantitative estimate of drug-likeness (QED) is 0.869. The van der Waals surface area contributed by atoms with Gasteiger partial charge in [-0.05, 0) is 47.3 Å². The molecule has 0 aliphatic heterocycles. The number of hydrogen-bond donors (Lipinski definition) is 2. The number of benzene rings is 1. The minimum Gasteiger partial charge on any atom is -0.489 e. The predicted molar refractivity (Wildman–Crippen MR) is 71.7 cm³/mol. The molecule has 0 aromatic heterocycles. The summed E-state index contributed by atoms with van der Waals surface area (Å²) in [5, 5.41) is 8.84. The third kappa shape index (κ3) is 3.45. The number of carboxylic acid groups (broad SMARTS) is 1. The van der Waals surface area contributed by atoms with Crippen LogP contribution >= 0.6 is 15.9 Å². The molecule has 0 amide bonds. The van der Waals surface area contributed by atoms with Gasteiger partial charge in [0.25, 0.3) is 0 Å². The van der Waals surface area contributed by atoms with E-state index >= 15 is 0 Å². The molecule has 1 atom stereocenters. The van der Waals surface area contributed by atoms with Gasteiger partial charge in [-0.3, -0.25) is 4.79 Å². The Balaban J connectivity index is 2.25. The first kappa shape index (κ1) is 14.3. The molecule has 0 heterocycles. The second-order valence-corrected chi connectivity index (χ2v) is 5.55. The summed E-state index contributed by atoms with van der Waals surface area (Å²) >= 11 is 3.25. The molecule has 1 fully saturated rings. The molecular weight excluding hydrogens is 317 g/mol. The van der Waals surface area contributed by atoms with Crippen molar-refractivity contribution in [3.63, 3.8) is 0 Å². The monoisotopic (exact) mass is 331 g/mol. The lowest BCUT2D eigenvalue weighted by atomic mass is 9.96. The van der Waals surface area contributed by atoms with E-state index in [2.05, 4.69) is 15.9 Å². The highest BCUT2D eigenvalue weighted by Crippen LogP contribution is 2.35. The van der Waals surface area contributed by atoms with Crippen LogP contribution in [-0.2, 0) is 11.2 Å². The molecule has 6 heteroatoms. The lowest BCUT2D eigenvalue weighted by Crippen LogP contribution is -2.33. The van der Waals surface area contributed by atoms with Gasteiger partial charge in [0.2, 0.25) is 0 Å². The van der Waals surface area contributed by atoms with Crippen LogP contribution in [0.3, 0.4) is 0 Å². The summed E-state index contributed by atoms with van der Waals surface area (Å²) in [6.45, 7) is 0. The molecule has 19 heavy (non-hydrogen) atoms. The van der Waals surface area contributed by atoms with Crippen LogP contribution < -0.4 is 10.5 Å². The highest BCUT2D eigenvalue weighted by atomic mass is 79.9. The molecule has 1 aliphatic carbocycles. The Bertz CT molecular complexity index is 491. The van der Waals surface area contributed by atoms with E-state index in [-0.39, 0.29) is 12.5 Å². The van der Waals surface area contributed by atoms with Crippen molar-refractivity contribution in [1.82, 2.24) is 0 Å². The molecule has 3 N–H and O–H groups in total. The van der Waals surface area contributed by atoms with Gasteiger partial charge in [-0.1, -0.05) is 0 Å². The molecule has 0 saturated heterocycles. The summed E-state index contributed by atoms with van der Waals surface area (Å²) in [4.78, 5) is 10.8. The van der Waals surface area contributed by atoms with Crippen molar-refractivity contribution in [3.8, 4) is 5.75 Å². The number of nitrogens with two attached hydrogens (primary N) is 1. The average Bonchev–Trinajstić information content (AvgIpc) is 2.25. The summed E-state index contributed by atoms with van der Waals surface area (Å²) in [6, 6.07) is 1.52. The van der Waals surface area contributed by atoms with E-state index in [1.807, 2.05) is 0 Å². The minimum absolute atomic E-state index is 0.0355. The first-order valence-corrected chi connectivity index (χ1v) is 6.89. The van der Waals surface area contributed by atoms with Gasteiger partial charge in [0, 0.05) is 12.0 Å². The van der Waals surface area contributed by atoms with Crippen molar-refractivity contribution in [1.29, 1.82) is 0 Å². The number of hydrogen-bond acceptors (Lipinski definition) is 3. The van der Waals surface area contributed by atoms with Crippen LogP contribution in [0.15, 0.2) is 16.6 Å². The van der Waals surface area contributed by atoms with E-state index in [0.717, 1.165) is 19.3 Å². The number of aliphatic carboxylic acids is 1. The highest BCUT2D eigenvalue weighted by molar-refractivity contribution is 9.10. The van der Waals surface area contributed by atoms with Gasteiger partial charge >= 0.3 is 5.97 Å². The Morgan fingerprint density at radius 3 is 2.79 bits per heavy atom. The van der Waals surface area contributed by atoms with Crippen LogP contribution in [0.1, 0.15) is 24.8 Å². The van der Waals surface area contributed by atoms with Crippen LogP contribution in [0.25, 0.3) is 0 Å². The molecule has 1 aromatic rings. The van der Waals surface area contributed by atoms with Crippen LogP contribution in [0, 0.1) is 5.82 Å². The van der Waals surface area contributed by atoms with E-state index < -0.39 is 17.8 Å². The van der Waals surface area contributed by atoms with Crippen LogP contribution in [0.4, 0.5) is 4.39 Å². The predicted octanol–water partition coefficient (Wildman–Crippen LogP) is 2.47. The van der Waals surface area contributed by atoms with E-state index in [4.69, 9.17) is 15.6 Å². The smallest absolute Gasteiger partial charge is 0.320 e. The Hall–Kier alpha value is -1.14. The fourth-order valence-corrected chi connectivity index (χ4v) is 2.44. The Morgan fingerprint density at radius 2 is 2.26 bits per heavy atom. The fourth-order valence-electron chi connectivity index (χ4n) is 1.88. The van der Waals surface area contributed by atoms with E-state index in [9.17, 15) is 9.18 Å². The molecule has 0 radical (unpaired) electrons. The zero-order chi connectivity index (χ0) is 14.0. The zero-order valence-corrected chi connectivity index (χ0v) is 11.8. The maximum Gasteiger partial charge on any atom is 0.320 e. The number of ether oxygens (including phenoxy) is 1. The summed E-state index contributed by atoms with van der Waals surface area (Å²) in [5.74, 6) is -1.06. The van der Waals surface area contributed by atoms with Crippen molar-refractivity contribution < 1.29 is 19.0 Å². The second kappa shape index (κ2) is 5.88. The van der Waals surface area contributed by atoms with Gasteiger partial charge in [0.1, 0.15) is 17.6 Å². The van der Waals surface area contributed by atoms with Crippen LogP contribution in [-0.4, -0.2) is 23.2 Å². The third-order valence-electron chi connectivity index (χ3n) is 3.18. The maximum atomic E-state index is 13.4. The summed E-state index contributed by atoms with van der Waals surface area (Å²) in [7, 11) is 0. The summed E-state index contributed by atoms with van der Waals surface area (Å²) in [6.07, 6.45) is 3.21. The van der Waals surface area contributed by atoms with Crippen molar-refractivity contribution in [2.45, 2.75) is 37.8 Å². The Morgan fingerprint density at radius 1 is 1.58 bits per heavy atom. The largest absolute Gasteiger partial charge is 0.489 e. The van der Waals surface area contributed by atoms with Crippen molar-refractivity contribution >= 4 is 21.9 Å². The maximum absolute atomic E-state index is 13.4. The van der Waals surface area contributed by atoms with Gasteiger partial charge in [0.15, 0.2) is 0 Å². The zero-order valence-electron chi connectivity index (χ0n) is 10.2. The molecule has 1 saturated carbocycles. The molecule has 0 bridgehead atoms. The lowest BCUT2D eigenvalue weighted by Gasteiger charge is -2.28. The van der Waals surface area contributed by atoms with Crippen molar-refractivity contribution in [2.24, 2.45) is 5.73 Å². The molecule has 1 aromatic carbocycles. The van der Waals surface area contributed by atoms with Gasteiger partial charge in [-0.2, -0.15) is 0 Å². The first-order chi connectivity index (χ1) is 8.97. The Kier molecular flexibility index (Phi) is 4.42. The van der Waals surface area contributed by atoms with Crippen molar-refractivity contribution in [3.05, 3.63) is 28.0 Å². The van der Waals surface area contributed by atoms with Crippen LogP contribution in [0.2, 0.25) is 0 Å². The number of halogens is 2. The molecule has 1 unspecified atom stereocenters. The Labute approximate surface area is 118 Å². The molecule has 4 nitrogen and oxygen atoms in total. The number of carboxylic acids is 1. The van der Waals surface area contributed by atoms with Gasteiger partial charge in [-0.15, -0.1) is 0 Å². The molecule has 1 aliphatic rings. The average molecular weight is 332 g/mol. The lowest BCUT2D eigenvalue weighted by molar-refractivity contribution is -0.138. The second-order valence-electron chi connectivity index (χ2n) is 4.70. The molecule has 0 spiro atoms. The number of carbonyl (C=O) groups is 1. The fraction of sp³-hybridized carbons (Fsp3) is 0.462. The van der Waals surface area contributed by atoms with Crippen molar-refractivity contribution in [2.75, 3.05) is 0 Å². The summed E-state index contributed by atoms with van der Waals surface area (Å²) < 4.78 is 19.7. The minimum atomic E-state index is -1.12. The normalized spacial score (nSPS) is 16.8. The van der Waals surface area contributed by atoms with E-state index in [1.165, 1.54) is 12.1 Å². The van der Waals surface area contributed by atoms with E-state index in [0.29, 0.717) is 15.8 Å². The molecule has 2 rings (SSSR count). The molecular formula is C13H15BrFNO3. The van der Waals surface area contributed by atoms with Gasteiger partial charge in [-0.25, -0.2) is 4.39 Å². The van der Waals surface area contributed by atoms with Gasteiger partial charge in [0.05, 0.1) is 10.6 Å². The van der Waals surface area contributed by atoms with E-state index in [1.54, 1.807) is 0 Å². The standard InChI is InChI=1S/C13H15BrFNO3/c14-10-6-8(15)4-7(5-11(16)13(17)18)12(10)19-9-2-1-3-9/h4,6,9,11H,1-3,5,16H2,(H,17,18). The highest BCUT2D eigenvalue weighted by Gasteiger charge is 2.24. The third-order valence-corrected chi connectivity index (χ3v) is 3.77. The molecule has 104 valence electrons. The van der Waals surface area contributed by atoms with Crippen LogP contribution in [0.5, 0.6) is 5.75 Å². The summed E-state index contributed by atoms with van der Waals surface area (Å²) in [5.41, 5.74) is 5.98. The van der Waals surface area contributed by atoms with Gasteiger partial charge < -0.3 is 15.6 Å². The first-order valence-electron chi connectivity index (χ1n) is 6.10.